The summed E-state index contributed by atoms with van der Waals surface area (Å²) in [7, 11) is 0. The second kappa shape index (κ2) is 6.74. The van der Waals surface area contributed by atoms with Crippen molar-refractivity contribution in [3.8, 4) is 0 Å². The van der Waals surface area contributed by atoms with E-state index in [-0.39, 0.29) is 0 Å². The van der Waals surface area contributed by atoms with Gasteiger partial charge in [-0.3, -0.25) is 9.88 Å². The van der Waals surface area contributed by atoms with Crippen LogP contribution in [-0.2, 0) is 26.1 Å². The van der Waals surface area contributed by atoms with Gasteiger partial charge in [-0.2, -0.15) is 0 Å². The number of aromatic nitrogens is 3. The maximum atomic E-state index is 4.43. The van der Waals surface area contributed by atoms with Crippen molar-refractivity contribution in [2.75, 3.05) is 11.9 Å². The Morgan fingerprint density at radius 3 is 3.09 bits per heavy atom. The van der Waals surface area contributed by atoms with Crippen LogP contribution in [0.25, 0.3) is 0 Å². The predicted octanol–water partition coefficient (Wildman–Crippen LogP) is 3.17. The van der Waals surface area contributed by atoms with Gasteiger partial charge in [-0.1, -0.05) is 17.4 Å². The third-order valence-corrected chi connectivity index (χ3v) is 5.57. The number of nitrogens with one attached hydrogen (secondary N) is 1. The molecule has 0 aromatic carbocycles. The number of fused-ring (bicyclic) bond motifs is 1. The fourth-order valence-electron chi connectivity index (χ4n) is 2.96. The summed E-state index contributed by atoms with van der Waals surface area (Å²) in [5, 5.41) is 14.2. The van der Waals surface area contributed by atoms with Gasteiger partial charge in [0.1, 0.15) is 5.51 Å². The molecule has 5 nitrogen and oxygen atoms in total. The minimum Gasteiger partial charge on any atom is -0.356 e. The van der Waals surface area contributed by atoms with E-state index in [1.165, 1.54) is 32.9 Å². The van der Waals surface area contributed by atoms with Crippen LogP contribution in [0.3, 0.4) is 0 Å². The van der Waals surface area contributed by atoms with Crippen molar-refractivity contribution in [1.82, 2.24) is 20.1 Å². The van der Waals surface area contributed by atoms with Crippen LogP contribution < -0.4 is 5.32 Å². The van der Waals surface area contributed by atoms with Crippen LogP contribution in [0.5, 0.6) is 0 Å². The average Bonchev–Trinajstić information content (AvgIpc) is 3.26. The quantitative estimate of drug-likeness (QED) is 0.771. The highest BCUT2D eigenvalue weighted by molar-refractivity contribution is 7.13. The topological polar surface area (TPSA) is 53.9 Å². The lowest BCUT2D eigenvalue weighted by atomic mass is 9.97. The number of anilines is 1. The maximum Gasteiger partial charge on any atom is 0.205 e. The summed E-state index contributed by atoms with van der Waals surface area (Å²) in [6.07, 6.45) is 5.07. The molecule has 0 spiro atoms. The fraction of sp³-hybridized carbons (Fsp3) is 0.312. The zero-order chi connectivity index (χ0) is 15.5. The molecule has 0 amide bonds. The van der Waals surface area contributed by atoms with Crippen LogP contribution >= 0.6 is 22.7 Å². The minimum absolute atomic E-state index is 0.760. The van der Waals surface area contributed by atoms with Gasteiger partial charge >= 0.3 is 0 Å². The highest BCUT2D eigenvalue weighted by Crippen LogP contribution is 2.24. The largest absolute Gasteiger partial charge is 0.356 e. The predicted molar refractivity (Wildman–Crippen MR) is 93.6 cm³/mol. The van der Waals surface area contributed by atoms with E-state index >= 15 is 0 Å². The van der Waals surface area contributed by atoms with Crippen molar-refractivity contribution >= 4 is 27.8 Å². The smallest absolute Gasteiger partial charge is 0.205 e. The Bertz CT molecular complexity index is 755. The van der Waals surface area contributed by atoms with E-state index in [2.05, 4.69) is 42.9 Å². The van der Waals surface area contributed by atoms with Gasteiger partial charge in [0.05, 0.1) is 0 Å². The first-order chi connectivity index (χ1) is 11.4. The van der Waals surface area contributed by atoms with Crippen molar-refractivity contribution in [1.29, 1.82) is 0 Å². The second-order valence-electron chi connectivity index (χ2n) is 5.57. The number of nitrogens with zero attached hydrogens (tertiary/aromatic N) is 4. The first kappa shape index (κ1) is 14.7. The number of hydrogen-bond donors (Lipinski definition) is 1. The van der Waals surface area contributed by atoms with Gasteiger partial charge in [-0.05, 0) is 34.6 Å². The molecule has 0 saturated heterocycles. The maximum absolute atomic E-state index is 4.43. The third kappa shape index (κ3) is 3.41. The Hall–Kier alpha value is -1.83. The van der Waals surface area contributed by atoms with E-state index in [1.54, 1.807) is 5.51 Å². The van der Waals surface area contributed by atoms with Crippen molar-refractivity contribution in [2.24, 2.45) is 0 Å². The molecule has 0 bridgehead atoms. The summed E-state index contributed by atoms with van der Waals surface area (Å²) in [5.41, 5.74) is 5.81. The lowest BCUT2D eigenvalue weighted by molar-refractivity contribution is 0.247. The van der Waals surface area contributed by atoms with Gasteiger partial charge in [0.15, 0.2) is 0 Å². The highest BCUT2D eigenvalue weighted by atomic mass is 32.1. The number of rotatable bonds is 5. The summed E-state index contributed by atoms with van der Waals surface area (Å²) >= 11 is 3.35. The lowest BCUT2D eigenvalue weighted by Crippen LogP contribution is -2.30. The van der Waals surface area contributed by atoms with Gasteiger partial charge in [-0.15, -0.1) is 21.5 Å². The lowest BCUT2D eigenvalue weighted by Gasteiger charge is -2.29. The molecule has 0 fully saturated rings. The van der Waals surface area contributed by atoms with Gasteiger partial charge in [0.2, 0.25) is 5.13 Å². The Morgan fingerprint density at radius 1 is 1.26 bits per heavy atom. The van der Waals surface area contributed by atoms with Gasteiger partial charge in [-0.25, -0.2) is 0 Å². The number of hydrogen-bond acceptors (Lipinski definition) is 7. The van der Waals surface area contributed by atoms with Crippen LogP contribution in [0.15, 0.2) is 35.4 Å². The molecular formula is C16H17N5S2. The fourth-order valence-corrected chi connectivity index (χ4v) is 4.15. The molecule has 0 atom stereocenters. The third-order valence-electron chi connectivity index (χ3n) is 4.06. The molecule has 1 N–H and O–H groups in total. The molecule has 1 aliphatic heterocycles. The zero-order valence-electron chi connectivity index (χ0n) is 12.6. The van der Waals surface area contributed by atoms with Crippen molar-refractivity contribution < 1.29 is 0 Å². The SMILES string of the molecule is c1csc(CN2CCc3c(CNc4nncs4)cncc3C2)c1. The van der Waals surface area contributed by atoms with Crippen molar-refractivity contribution in [2.45, 2.75) is 26.1 Å². The van der Waals surface area contributed by atoms with Crippen LogP contribution in [-0.4, -0.2) is 26.6 Å². The van der Waals surface area contributed by atoms with Gasteiger partial charge in [0.25, 0.3) is 0 Å². The van der Waals surface area contributed by atoms with Gasteiger partial charge in [0, 0.05) is 43.4 Å². The molecule has 23 heavy (non-hydrogen) atoms. The van der Waals surface area contributed by atoms with Crippen molar-refractivity contribution in [3.05, 3.63) is 57.0 Å². The van der Waals surface area contributed by atoms with E-state index in [0.29, 0.717) is 0 Å². The molecular weight excluding hydrogens is 326 g/mol. The first-order valence-electron chi connectivity index (χ1n) is 7.58. The van der Waals surface area contributed by atoms with Crippen LogP contribution in [0.2, 0.25) is 0 Å². The summed E-state index contributed by atoms with van der Waals surface area (Å²) in [5.74, 6) is 0. The number of pyridine rings is 1. The van der Waals surface area contributed by atoms with E-state index in [9.17, 15) is 0 Å². The second-order valence-corrected chi connectivity index (χ2v) is 7.44. The highest BCUT2D eigenvalue weighted by Gasteiger charge is 2.19. The molecule has 4 heterocycles. The van der Waals surface area contributed by atoms with E-state index in [1.807, 2.05) is 23.7 Å². The van der Waals surface area contributed by atoms with Gasteiger partial charge < -0.3 is 5.32 Å². The summed E-state index contributed by atoms with van der Waals surface area (Å²) in [6, 6.07) is 4.33. The molecule has 0 aliphatic carbocycles. The van der Waals surface area contributed by atoms with E-state index in [4.69, 9.17) is 0 Å². The Morgan fingerprint density at radius 2 is 2.26 bits per heavy atom. The van der Waals surface area contributed by atoms with E-state index in [0.717, 1.165) is 37.7 Å². The first-order valence-corrected chi connectivity index (χ1v) is 9.34. The standard InChI is InChI=1S/C16H17N5S2/c1-2-14(22-5-1)10-21-4-3-15-12(6-17-7-13(15)9-21)8-18-16-20-19-11-23-16/h1-2,5-7,11H,3-4,8-10H2,(H,18,20). The molecule has 118 valence electrons. The van der Waals surface area contributed by atoms with E-state index < -0.39 is 0 Å². The molecule has 7 heteroatoms. The molecule has 1 aliphatic rings. The van der Waals surface area contributed by atoms with Crippen LogP contribution in [0, 0.1) is 0 Å². The molecule has 0 unspecified atom stereocenters. The average molecular weight is 343 g/mol. The Labute approximate surface area is 143 Å². The number of thiophene rings is 1. The van der Waals surface area contributed by atoms with Crippen LogP contribution in [0.4, 0.5) is 5.13 Å². The molecule has 0 saturated carbocycles. The monoisotopic (exact) mass is 343 g/mol. The molecule has 3 aromatic rings. The summed E-state index contributed by atoms with van der Waals surface area (Å²) < 4.78 is 0. The summed E-state index contributed by atoms with van der Waals surface area (Å²) in [4.78, 5) is 8.36. The normalized spacial score (nSPS) is 14.6. The molecule has 3 aromatic heterocycles. The Kier molecular flexibility index (Phi) is 4.32. The minimum atomic E-state index is 0.760. The molecule has 4 rings (SSSR count). The van der Waals surface area contributed by atoms with Crippen molar-refractivity contribution in [3.63, 3.8) is 0 Å². The summed E-state index contributed by atoms with van der Waals surface area (Å²) in [6.45, 7) is 3.87. The zero-order valence-corrected chi connectivity index (χ0v) is 14.2. The Balaban J connectivity index is 1.46. The van der Waals surface area contributed by atoms with Crippen LogP contribution in [0.1, 0.15) is 21.6 Å². The molecule has 0 radical (unpaired) electrons.